The van der Waals surface area contributed by atoms with Crippen LogP contribution >= 0.6 is 0 Å². The van der Waals surface area contributed by atoms with Gasteiger partial charge in [-0.1, -0.05) is 12.2 Å². The summed E-state index contributed by atoms with van der Waals surface area (Å²) in [5, 5.41) is 24.1. The second-order valence-corrected chi connectivity index (χ2v) is 14.0. The normalized spacial score (nSPS) is 11.5. The highest BCUT2D eigenvalue weighted by Crippen LogP contribution is 2.33. The number of rotatable bonds is 21. The summed E-state index contributed by atoms with van der Waals surface area (Å²) in [5.41, 5.74) is 15.3. The van der Waals surface area contributed by atoms with Gasteiger partial charge in [-0.2, -0.15) is 10.2 Å². The van der Waals surface area contributed by atoms with Gasteiger partial charge in [-0.25, -0.2) is 9.97 Å². The van der Waals surface area contributed by atoms with Gasteiger partial charge in [-0.15, -0.1) is 0 Å². The molecule has 4 amide bonds. The molecule has 6 rings (SSSR count). The van der Waals surface area contributed by atoms with E-state index in [1.165, 1.54) is 24.3 Å². The van der Waals surface area contributed by atoms with Gasteiger partial charge in [0.25, 0.3) is 11.8 Å². The molecule has 0 aliphatic carbocycles. The zero-order chi connectivity index (χ0) is 43.8. The maximum atomic E-state index is 13.7. The first-order valence-electron chi connectivity index (χ1n) is 19.8. The number of fused-ring (bicyclic) bond motifs is 2. The molecular formula is C41H50N12O8. The summed E-state index contributed by atoms with van der Waals surface area (Å²) in [6.07, 6.45) is 4.52. The summed E-state index contributed by atoms with van der Waals surface area (Å²) in [6.45, 7) is 9.22. The van der Waals surface area contributed by atoms with Crippen LogP contribution in [-0.2, 0) is 30.9 Å². The molecule has 0 aliphatic heterocycles. The van der Waals surface area contributed by atoms with Crippen LogP contribution in [0.15, 0.2) is 48.6 Å². The van der Waals surface area contributed by atoms with E-state index >= 15 is 0 Å². The average Bonchev–Trinajstić information content (AvgIpc) is 4.00. The Bertz CT molecular complexity index is 2620. The van der Waals surface area contributed by atoms with Gasteiger partial charge >= 0.3 is 0 Å². The molecule has 6 aromatic rings. The number of primary amides is 2. The van der Waals surface area contributed by atoms with Gasteiger partial charge in [0.2, 0.25) is 23.7 Å². The van der Waals surface area contributed by atoms with E-state index in [2.05, 4.69) is 20.8 Å². The first-order valence-corrected chi connectivity index (χ1v) is 19.8. The lowest BCUT2D eigenvalue weighted by molar-refractivity contribution is 0.0991. The molecule has 20 nitrogen and oxygen atoms in total. The number of hydrogen-bond acceptors (Lipinski definition) is 12. The minimum Gasteiger partial charge on any atom is -0.491 e. The number of nitrogens with zero attached hydrogens (tertiary/aromatic N) is 8. The number of methoxy groups -OCH3 is 1. The molecule has 0 bridgehead atoms. The highest BCUT2D eigenvalue weighted by Gasteiger charge is 2.24. The Morgan fingerprint density at radius 2 is 1.13 bits per heavy atom. The number of aromatic nitrogens is 8. The van der Waals surface area contributed by atoms with Gasteiger partial charge in [0, 0.05) is 70.5 Å². The smallest absolute Gasteiger partial charge is 0.276 e. The van der Waals surface area contributed by atoms with Gasteiger partial charge < -0.3 is 39.9 Å². The number of anilines is 2. The molecule has 7 N–H and O–H groups in total. The number of aliphatic hydroxyl groups excluding tert-OH is 1. The van der Waals surface area contributed by atoms with E-state index in [4.69, 9.17) is 35.6 Å². The Morgan fingerprint density at radius 3 is 1.52 bits per heavy atom. The van der Waals surface area contributed by atoms with Crippen molar-refractivity contribution >= 4 is 57.6 Å². The van der Waals surface area contributed by atoms with Crippen molar-refractivity contribution in [3.05, 3.63) is 82.5 Å². The van der Waals surface area contributed by atoms with Crippen molar-refractivity contribution in [3.8, 4) is 11.5 Å². The summed E-state index contributed by atoms with van der Waals surface area (Å²) in [4.78, 5) is 61.7. The van der Waals surface area contributed by atoms with Crippen molar-refractivity contribution in [2.24, 2.45) is 11.5 Å². The minimum atomic E-state index is -0.703. The third-order valence-corrected chi connectivity index (χ3v) is 9.55. The Balaban J connectivity index is 1.43. The second kappa shape index (κ2) is 19.3. The third-order valence-electron chi connectivity index (χ3n) is 9.55. The number of aryl methyl sites for hydroxylation is 4. The second-order valence-electron chi connectivity index (χ2n) is 14.0. The first kappa shape index (κ1) is 43.5. The third kappa shape index (κ3) is 9.71. The molecule has 0 unspecified atom stereocenters. The number of hydrogen-bond donors (Lipinski definition) is 5. The van der Waals surface area contributed by atoms with Crippen LogP contribution in [0, 0.1) is 13.8 Å². The summed E-state index contributed by atoms with van der Waals surface area (Å²) in [7, 11) is 1.59. The Morgan fingerprint density at radius 1 is 0.689 bits per heavy atom. The number of benzene rings is 2. The number of carbonyl (C=O) groups is 4. The van der Waals surface area contributed by atoms with Crippen molar-refractivity contribution in [2.45, 2.75) is 66.7 Å². The standard InChI is InChI=1S/C41H50N12O8/c1-6-52-30(18-24(3)48-52)38(57)46-40-44-28-20-26(36(42)55)22-32(60-16-10-14-54)34(28)50(40)12-8-9-13-51-35-29(21-27(37(43)56)23-33(35)61-17-11-15-59-5)45-41(51)47-39(58)31-19-25(4)49-53(31)7-2/h8-9,18-23,54H,6-7,10-17H2,1-5H3,(H2,42,55)(H2,43,56)(H,44,46,57)(H,45,47,58)/b9-8+. The summed E-state index contributed by atoms with van der Waals surface area (Å²) >= 11 is 0. The van der Waals surface area contributed by atoms with E-state index < -0.39 is 23.6 Å². The van der Waals surface area contributed by atoms with E-state index in [1.54, 1.807) is 51.6 Å². The SMILES string of the molecule is CCn1nc(C)cc1C(=O)Nc1nc2cc(C(N)=O)cc(OCCCO)c2n1C/C=C/Cn1c(NC(=O)c2cc(C)nn2CC)nc2cc(C(N)=O)cc(OCCCOC)c21. The number of nitrogens with one attached hydrogen (secondary N) is 2. The van der Waals surface area contributed by atoms with Crippen LogP contribution in [0.2, 0.25) is 0 Å². The largest absolute Gasteiger partial charge is 0.491 e. The lowest BCUT2D eigenvalue weighted by Crippen LogP contribution is -2.20. The molecule has 0 atom stereocenters. The molecule has 20 heteroatoms. The van der Waals surface area contributed by atoms with Gasteiger partial charge in [-0.05, 0) is 64.1 Å². The molecule has 61 heavy (non-hydrogen) atoms. The lowest BCUT2D eigenvalue weighted by Gasteiger charge is -2.14. The van der Waals surface area contributed by atoms with Gasteiger partial charge in [-0.3, -0.25) is 39.2 Å². The highest BCUT2D eigenvalue weighted by molar-refractivity contribution is 6.05. The van der Waals surface area contributed by atoms with Gasteiger partial charge in [0.15, 0.2) is 0 Å². The molecule has 0 saturated carbocycles. The van der Waals surface area contributed by atoms with Gasteiger partial charge in [0.1, 0.15) is 33.9 Å². The van der Waals surface area contributed by atoms with Crippen LogP contribution in [0.3, 0.4) is 0 Å². The fourth-order valence-electron chi connectivity index (χ4n) is 6.77. The van der Waals surface area contributed by atoms with Crippen LogP contribution in [0.5, 0.6) is 11.5 Å². The highest BCUT2D eigenvalue weighted by atomic mass is 16.5. The lowest BCUT2D eigenvalue weighted by atomic mass is 10.1. The fourth-order valence-corrected chi connectivity index (χ4v) is 6.77. The molecule has 4 aromatic heterocycles. The number of allylic oxidation sites excluding steroid dienone is 2. The minimum absolute atomic E-state index is 0.122. The monoisotopic (exact) mass is 838 g/mol. The predicted octanol–water partition coefficient (Wildman–Crippen LogP) is 3.57. The summed E-state index contributed by atoms with van der Waals surface area (Å²) < 4.78 is 24.0. The van der Waals surface area contributed by atoms with Crippen LogP contribution in [-0.4, -0.2) is 101 Å². The number of nitrogens with two attached hydrogens (primary N) is 2. The van der Waals surface area contributed by atoms with E-state index in [0.29, 0.717) is 83.1 Å². The van der Waals surface area contributed by atoms with Crippen LogP contribution in [0.4, 0.5) is 11.9 Å². The number of aliphatic hydroxyl groups is 1. The van der Waals surface area contributed by atoms with Gasteiger partial charge in [0.05, 0.1) is 35.6 Å². The fraction of sp³-hybridized carbons (Fsp3) is 0.366. The van der Waals surface area contributed by atoms with Crippen molar-refractivity contribution in [2.75, 3.05) is 44.2 Å². The van der Waals surface area contributed by atoms with Crippen molar-refractivity contribution in [1.82, 2.24) is 38.7 Å². The molecule has 0 fully saturated rings. The summed E-state index contributed by atoms with van der Waals surface area (Å²) in [5.74, 6) is -1.40. The van der Waals surface area contributed by atoms with Crippen LogP contribution < -0.4 is 31.6 Å². The molecule has 322 valence electrons. The first-order chi connectivity index (χ1) is 29.4. The Labute approximate surface area is 350 Å². The Hall–Kier alpha value is -7.06. The topological polar surface area (TPSA) is 264 Å². The zero-order valence-electron chi connectivity index (χ0n) is 34.7. The summed E-state index contributed by atoms with van der Waals surface area (Å²) in [6, 6.07) is 9.44. The average molecular weight is 839 g/mol. The predicted molar refractivity (Wildman–Crippen MR) is 226 cm³/mol. The van der Waals surface area contributed by atoms with E-state index in [1.807, 2.05) is 26.0 Å². The van der Waals surface area contributed by atoms with E-state index in [-0.39, 0.29) is 61.7 Å². The van der Waals surface area contributed by atoms with Crippen molar-refractivity contribution in [1.29, 1.82) is 0 Å². The quantitative estimate of drug-likeness (QED) is 0.0515. The number of ether oxygens (including phenoxy) is 3. The van der Waals surface area contributed by atoms with Crippen LogP contribution in [0.1, 0.15) is 79.8 Å². The molecule has 0 saturated heterocycles. The molecule has 0 spiro atoms. The van der Waals surface area contributed by atoms with E-state index in [0.717, 1.165) is 0 Å². The maximum Gasteiger partial charge on any atom is 0.276 e. The maximum absolute atomic E-state index is 13.7. The van der Waals surface area contributed by atoms with Crippen molar-refractivity contribution in [3.63, 3.8) is 0 Å². The number of imidazole rings is 2. The molecule has 0 radical (unpaired) electrons. The van der Waals surface area contributed by atoms with Crippen molar-refractivity contribution < 1.29 is 38.5 Å². The zero-order valence-corrected chi connectivity index (χ0v) is 34.7. The Kier molecular flexibility index (Phi) is 13.8. The molecule has 0 aliphatic rings. The molecule has 4 heterocycles. The molecular weight excluding hydrogens is 789 g/mol. The van der Waals surface area contributed by atoms with E-state index in [9.17, 15) is 24.3 Å². The molecule has 2 aromatic carbocycles. The number of amides is 4. The van der Waals surface area contributed by atoms with Crippen LogP contribution in [0.25, 0.3) is 22.1 Å². The number of carbonyl (C=O) groups excluding carboxylic acids is 4.